The van der Waals surface area contributed by atoms with Crippen molar-refractivity contribution in [3.63, 3.8) is 0 Å². The maximum Gasteiger partial charge on any atom is 0.166 e. The molecule has 3 heterocycles. The van der Waals surface area contributed by atoms with Crippen LogP contribution < -0.4 is 16.2 Å². The van der Waals surface area contributed by atoms with Crippen LogP contribution in [0, 0.1) is 5.82 Å². The molecule has 1 aromatic carbocycles. The van der Waals surface area contributed by atoms with E-state index >= 15 is 0 Å². The van der Waals surface area contributed by atoms with Crippen LogP contribution in [0.15, 0.2) is 40.0 Å². The Kier molecular flexibility index (Phi) is 4.46. The number of fused-ring (bicyclic) bond motifs is 5. The number of halogens is 1. The summed E-state index contributed by atoms with van der Waals surface area (Å²) in [6.45, 7) is 3.98. The van der Waals surface area contributed by atoms with Crippen LogP contribution in [0.25, 0.3) is 11.1 Å². The molecule has 4 N–H and O–H groups in total. The third-order valence-electron chi connectivity index (χ3n) is 4.76. The molecule has 1 aliphatic rings. The Morgan fingerprint density at radius 2 is 2.07 bits per heavy atom. The van der Waals surface area contributed by atoms with Crippen LogP contribution >= 0.6 is 0 Å². The molecular weight excluding hydrogens is 361 g/mol. The van der Waals surface area contributed by atoms with Gasteiger partial charge in [-0.15, -0.1) is 0 Å². The maximum absolute atomic E-state index is 13.9. The molecule has 1 atom stereocenters. The van der Waals surface area contributed by atoms with Gasteiger partial charge in [-0.05, 0) is 37.6 Å². The SMILES string of the molecule is CCc1noc2c1-c1cnc(N)c(c1)O[C@H](C)c1cc(F)ccc1C(N)=NC2. The summed E-state index contributed by atoms with van der Waals surface area (Å²) in [6, 6.07) is 6.11. The van der Waals surface area contributed by atoms with Crippen molar-refractivity contribution in [3.05, 3.63) is 58.9 Å². The molecule has 28 heavy (non-hydrogen) atoms. The van der Waals surface area contributed by atoms with Crippen molar-refractivity contribution in [1.29, 1.82) is 0 Å². The zero-order valence-electron chi connectivity index (χ0n) is 15.6. The first-order valence-corrected chi connectivity index (χ1v) is 8.97. The monoisotopic (exact) mass is 381 g/mol. The van der Waals surface area contributed by atoms with Crippen LogP contribution in [0.5, 0.6) is 5.75 Å². The summed E-state index contributed by atoms with van der Waals surface area (Å²) in [4.78, 5) is 8.70. The molecule has 1 aliphatic heterocycles. The van der Waals surface area contributed by atoms with Gasteiger partial charge in [-0.1, -0.05) is 12.1 Å². The minimum atomic E-state index is -0.522. The van der Waals surface area contributed by atoms with Crippen molar-refractivity contribution in [2.45, 2.75) is 32.9 Å². The third kappa shape index (κ3) is 3.06. The van der Waals surface area contributed by atoms with Gasteiger partial charge in [-0.2, -0.15) is 0 Å². The van der Waals surface area contributed by atoms with Crippen molar-refractivity contribution in [2.75, 3.05) is 5.73 Å². The topological polar surface area (TPSA) is 113 Å². The minimum Gasteiger partial charge on any atom is -0.482 e. The number of nitrogens with two attached hydrogens (primary N) is 2. The van der Waals surface area contributed by atoms with Gasteiger partial charge in [0.05, 0.1) is 11.3 Å². The van der Waals surface area contributed by atoms with Gasteiger partial charge in [-0.3, -0.25) is 4.99 Å². The molecule has 4 rings (SSSR count). The number of ether oxygens (including phenoxy) is 1. The zero-order chi connectivity index (χ0) is 19.8. The van der Waals surface area contributed by atoms with E-state index in [4.69, 9.17) is 20.7 Å². The standard InChI is InChI=1S/C20H20FN5O2/c1-3-15-18-11-6-16(20(23)24-8-11)27-10(2)14-7-12(21)4-5-13(14)19(22)25-9-17(18)28-26-15/h4-8,10H,3,9H2,1-2H3,(H2,22,25)(H2,23,24)/t10-/m1/s1. The molecule has 0 aliphatic carbocycles. The van der Waals surface area contributed by atoms with Gasteiger partial charge in [0.25, 0.3) is 0 Å². The fourth-order valence-corrected chi connectivity index (χ4v) is 3.32. The largest absolute Gasteiger partial charge is 0.482 e. The molecule has 2 bridgehead atoms. The summed E-state index contributed by atoms with van der Waals surface area (Å²) < 4.78 is 25.4. The Morgan fingerprint density at radius 3 is 2.86 bits per heavy atom. The number of hydrogen-bond acceptors (Lipinski definition) is 7. The fourth-order valence-electron chi connectivity index (χ4n) is 3.32. The van der Waals surface area contributed by atoms with Crippen LogP contribution in [0.3, 0.4) is 0 Å². The fraction of sp³-hybridized carbons (Fsp3) is 0.250. The Labute approximate surface area is 161 Å². The second-order valence-electron chi connectivity index (χ2n) is 6.58. The predicted molar refractivity (Wildman–Crippen MR) is 103 cm³/mol. The lowest BCUT2D eigenvalue weighted by Crippen LogP contribution is -2.19. The first-order chi connectivity index (χ1) is 13.5. The van der Waals surface area contributed by atoms with Crippen LogP contribution in [0.1, 0.15) is 42.5 Å². The maximum atomic E-state index is 13.9. The number of pyridine rings is 1. The van der Waals surface area contributed by atoms with E-state index in [2.05, 4.69) is 15.1 Å². The Balaban J connectivity index is 1.95. The number of rotatable bonds is 1. The van der Waals surface area contributed by atoms with E-state index in [0.29, 0.717) is 29.1 Å². The quantitative estimate of drug-likeness (QED) is 0.668. The molecule has 8 heteroatoms. The second kappa shape index (κ2) is 6.95. The zero-order valence-corrected chi connectivity index (χ0v) is 15.6. The number of nitrogens with zero attached hydrogens (tertiary/aromatic N) is 3. The van der Waals surface area contributed by atoms with Gasteiger partial charge in [0, 0.05) is 22.9 Å². The lowest BCUT2D eigenvalue weighted by Gasteiger charge is -2.20. The summed E-state index contributed by atoms with van der Waals surface area (Å²) in [5, 5.41) is 4.14. The van der Waals surface area contributed by atoms with Crippen molar-refractivity contribution >= 4 is 11.7 Å². The highest BCUT2D eigenvalue weighted by Gasteiger charge is 2.22. The molecule has 144 valence electrons. The number of aromatic nitrogens is 2. The number of aryl methyl sites for hydroxylation is 1. The number of benzene rings is 1. The van der Waals surface area contributed by atoms with Crippen LogP contribution in [0.4, 0.5) is 10.2 Å². The summed E-state index contributed by atoms with van der Waals surface area (Å²) in [5.74, 6) is 1.07. The van der Waals surface area contributed by atoms with Crippen LogP contribution in [-0.4, -0.2) is 16.0 Å². The highest BCUT2D eigenvalue weighted by atomic mass is 19.1. The van der Waals surface area contributed by atoms with E-state index in [9.17, 15) is 4.39 Å². The molecule has 0 unspecified atom stereocenters. The van der Waals surface area contributed by atoms with Crippen molar-refractivity contribution in [3.8, 4) is 16.9 Å². The van der Waals surface area contributed by atoms with Crippen LogP contribution in [0.2, 0.25) is 0 Å². The van der Waals surface area contributed by atoms with Gasteiger partial charge < -0.3 is 20.7 Å². The van der Waals surface area contributed by atoms with Gasteiger partial charge in [-0.25, -0.2) is 9.37 Å². The Morgan fingerprint density at radius 1 is 1.25 bits per heavy atom. The van der Waals surface area contributed by atoms with Gasteiger partial charge in [0.2, 0.25) is 0 Å². The first kappa shape index (κ1) is 18.0. The number of aliphatic imine (C=N–C) groups is 1. The molecule has 0 radical (unpaired) electrons. The van der Waals surface area contributed by atoms with E-state index < -0.39 is 6.10 Å². The number of amidine groups is 1. The minimum absolute atomic E-state index is 0.194. The van der Waals surface area contributed by atoms with Crippen molar-refractivity contribution in [1.82, 2.24) is 10.1 Å². The predicted octanol–water partition coefficient (Wildman–Crippen LogP) is 3.38. The van der Waals surface area contributed by atoms with Gasteiger partial charge in [0.15, 0.2) is 17.3 Å². The Bertz CT molecular complexity index is 1080. The lowest BCUT2D eigenvalue weighted by molar-refractivity contribution is 0.227. The molecule has 0 amide bonds. The van der Waals surface area contributed by atoms with E-state index in [1.165, 1.54) is 12.1 Å². The number of hydrogen-bond donors (Lipinski definition) is 2. The van der Waals surface area contributed by atoms with Crippen LogP contribution in [-0.2, 0) is 13.0 Å². The summed E-state index contributed by atoms with van der Waals surface area (Å²) >= 11 is 0. The van der Waals surface area contributed by atoms with Crippen molar-refractivity contribution in [2.24, 2.45) is 10.7 Å². The van der Waals surface area contributed by atoms with E-state index in [1.807, 2.05) is 6.92 Å². The second-order valence-corrected chi connectivity index (χ2v) is 6.58. The van der Waals surface area contributed by atoms with E-state index in [-0.39, 0.29) is 24.0 Å². The molecule has 3 aromatic rings. The van der Waals surface area contributed by atoms with Crippen molar-refractivity contribution < 1.29 is 13.7 Å². The Hall–Kier alpha value is -3.42. The van der Waals surface area contributed by atoms with Gasteiger partial charge >= 0.3 is 0 Å². The molecule has 0 saturated carbocycles. The molecule has 0 spiro atoms. The van der Waals surface area contributed by atoms with E-state index in [0.717, 1.165) is 16.8 Å². The average molecular weight is 381 g/mol. The summed E-state index contributed by atoms with van der Waals surface area (Å²) in [7, 11) is 0. The van der Waals surface area contributed by atoms with E-state index in [1.54, 1.807) is 25.3 Å². The first-order valence-electron chi connectivity index (χ1n) is 8.97. The highest BCUT2D eigenvalue weighted by molar-refractivity contribution is 5.99. The molecule has 7 nitrogen and oxygen atoms in total. The molecule has 0 fully saturated rings. The molecule has 2 aromatic heterocycles. The summed E-state index contributed by atoms with van der Waals surface area (Å²) in [5.41, 5.74) is 15.7. The molecular formula is C20H20FN5O2. The summed E-state index contributed by atoms with van der Waals surface area (Å²) in [6.07, 6.45) is 1.80. The normalized spacial score (nSPS) is 16.1. The molecule has 0 saturated heterocycles. The lowest BCUT2D eigenvalue weighted by atomic mass is 10.0. The highest BCUT2D eigenvalue weighted by Crippen LogP contribution is 2.35. The number of anilines is 1. The smallest absolute Gasteiger partial charge is 0.166 e. The average Bonchev–Trinajstić information content (AvgIpc) is 3.10. The third-order valence-corrected chi connectivity index (χ3v) is 4.76. The number of nitrogen functional groups attached to an aromatic ring is 1. The van der Waals surface area contributed by atoms with Gasteiger partial charge in [0.1, 0.15) is 24.3 Å².